The average Bonchev–Trinajstić information content (AvgIpc) is 3.47. The summed E-state index contributed by atoms with van der Waals surface area (Å²) < 4.78 is 35.8. The molecule has 1 saturated heterocycles. The minimum atomic E-state index is -0.854. The molecule has 1 aliphatic carbocycles. The third kappa shape index (κ3) is 2.63. The fourth-order valence-electron chi connectivity index (χ4n) is 3.96. The minimum absolute atomic E-state index is 0.0489. The number of aromatic hydroxyl groups is 1. The summed E-state index contributed by atoms with van der Waals surface area (Å²) in [5.74, 6) is -2.35. The summed E-state index contributed by atoms with van der Waals surface area (Å²) in [5.41, 5.74) is -0.324. The smallest absolute Gasteiger partial charge is 0.235 e. The highest BCUT2D eigenvalue weighted by Gasteiger charge is 2.33. The predicted molar refractivity (Wildman–Crippen MR) is 98.4 cm³/mol. The van der Waals surface area contributed by atoms with Crippen LogP contribution in [0.25, 0.3) is 22.3 Å². The number of ether oxygens (including phenoxy) is 1. The molecular formula is C20H19F2N3O3. The van der Waals surface area contributed by atoms with Gasteiger partial charge in [0.15, 0.2) is 5.75 Å². The maximum atomic E-state index is 14.3. The van der Waals surface area contributed by atoms with E-state index in [1.165, 1.54) is 6.07 Å². The maximum absolute atomic E-state index is 14.3. The molecule has 8 heteroatoms. The van der Waals surface area contributed by atoms with E-state index in [1.54, 1.807) is 4.68 Å². The van der Waals surface area contributed by atoms with Gasteiger partial charge in [0.05, 0.1) is 28.4 Å². The van der Waals surface area contributed by atoms with Crippen LogP contribution in [-0.2, 0) is 4.74 Å². The summed E-state index contributed by atoms with van der Waals surface area (Å²) in [4.78, 5) is 16.0. The molecule has 0 radical (unpaired) electrons. The van der Waals surface area contributed by atoms with E-state index in [1.807, 2.05) is 0 Å². The molecule has 2 fully saturated rings. The van der Waals surface area contributed by atoms with E-state index in [0.29, 0.717) is 29.9 Å². The molecule has 0 bridgehead atoms. The molecule has 0 spiro atoms. The summed E-state index contributed by atoms with van der Waals surface area (Å²) in [6, 6.07) is 3.56. The maximum Gasteiger partial charge on any atom is 0.235 e. The molecule has 2 aliphatic rings. The Morgan fingerprint density at radius 2 is 1.82 bits per heavy atom. The van der Waals surface area contributed by atoms with E-state index in [4.69, 9.17) is 4.74 Å². The second kappa shape index (κ2) is 6.41. The molecule has 2 N–H and O–H groups in total. The van der Waals surface area contributed by atoms with Crippen molar-refractivity contribution >= 4 is 11.0 Å². The van der Waals surface area contributed by atoms with Crippen molar-refractivity contribution in [3.05, 3.63) is 45.8 Å². The van der Waals surface area contributed by atoms with Gasteiger partial charge in [-0.05, 0) is 37.8 Å². The fraction of sp³-hybridized carbons (Fsp3) is 0.400. The van der Waals surface area contributed by atoms with Crippen LogP contribution in [0, 0.1) is 11.6 Å². The number of aromatic amines is 1. The Bertz CT molecular complexity index is 1110. The third-order valence-electron chi connectivity index (χ3n) is 5.57. The first-order chi connectivity index (χ1) is 13.6. The van der Waals surface area contributed by atoms with Gasteiger partial charge >= 0.3 is 0 Å². The monoisotopic (exact) mass is 387 g/mol. The van der Waals surface area contributed by atoms with Crippen molar-refractivity contribution in [3.63, 3.8) is 0 Å². The van der Waals surface area contributed by atoms with Gasteiger partial charge in [-0.25, -0.2) is 13.5 Å². The molecule has 0 amide bonds. The van der Waals surface area contributed by atoms with Gasteiger partial charge in [0.25, 0.3) is 0 Å². The first-order valence-corrected chi connectivity index (χ1v) is 9.45. The Morgan fingerprint density at radius 3 is 2.46 bits per heavy atom. The number of halogens is 2. The van der Waals surface area contributed by atoms with E-state index in [2.05, 4.69) is 10.1 Å². The van der Waals surface area contributed by atoms with E-state index in [-0.39, 0.29) is 17.7 Å². The molecule has 1 aliphatic heterocycles. The normalized spacial score (nSPS) is 18.1. The van der Waals surface area contributed by atoms with Crippen LogP contribution in [0.5, 0.6) is 5.75 Å². The molecular weight excluding hydrogens is 368 g/mol. The summed E-state index contributed by atoms with van der Waals surface area (Å²) in [5, 5.41) is 15.5. The number of nitrogens with zero attached hydrogens (tertiary/aromatic N) is 2. The Hall–Kier alpha value is -2.74. The largest absolute Gasteiger partial charge is 0.503 e. The molecule has 1 aromatic carbocycles. The molecule has 3 aromatic rings. The molecule has 0 unspecified atom stereocenters. The lowest BCUT2D eigenvalue weighted by molar-refractivity contribution is 0.0846. The predicted octanol–water partition coefficient (Wildman–Crippen LogP) is 3.60. The van der Waals surface area contributed by atoms with E-state index < -0.39 is 28.4 Å². The van der Waals surface area contributed by atoms with Crippen LogP contribution in [0.1, 0.15) is 43.3 Å². The Balaban J connectivity index is 1.79. The van der Waals surface area contributed by atoms with Crippen molar-refractivity contribution in [2.24, 2.45) is 0 Å². The number of fused-ring (bicyclic) bond motifs is 1. The topological polar surface area (TPSA) is 80.1 Å². The van der Waals surface area contributed by atoms with E-state index in [9.17, 15) is 18.7 Å². The van der Waals surface area contributed by atoms with Crippen molar-refractivity contribution in [1.82, 2.24) is 14.8 Å². The van der Waals surface area contributed by atoms with Crippen LogP contribution in [0.4, 0.5) is 8.78 Å². The minimum Gasteiger partial charge on any atom is -0.503 e. The number of rotatable bonds is 3. The first-order valence-electron chi connectivity index (χ1n) is 9.45. The van der Waals surface area contributed by atoms with Crippen molar-refractivity contribution < 1.29 is 18.6 Å². The number of nitrogens with one attached hydrogen (secondary N) is 1. The average molecular weight is 387 g/mol. The highest BCUT2D eigenvalue weighted by molar-refractivity contribution is 5.85. The van der Waals surface area contributed by atoms with Crippen molar-refractivity contribution in [3.8, 4) is 17.0 Å². The highest BCUT2D eigenvalue weighted by atomic mass is 19.1. The van der Waals surface area contributed by atoms with Gasteiger partial charge in [0.2, 0.25) is 5.43 Å². The zero-order valence-electron chi connectivity index (χ0n) is 15.0. The summed E-state index contributed by atoms with van der Waals surface area (Å²) in [7, 11) is 0. The van der Waals surface area contributed by atoms with Crippen LogP contribution >= 0.6 is 0 Å². The summed E-state index contributed by atoms with van der Waals surface area (Å²) in [6.07, 6.45) is 3.33. The first kappa shape index (κ1) is 17.4. The van der Waals surface area contributed by atoms with E-state index >= 15 is 0 Å². The lowest BCUT2D eigenvalue weighted by atomic mass is 9.94. The Labute approximate surface area is 158 Å². The molecule has 28 heavy (non-hydrogen) atoms. The van der Waals surface area contributed by atoms with Gasteiger partial charge in [0, 0.05) is 19.1 Å². The number of benzene rings is 1. The van der Waals surface area contributed by atoms with Crippen LogP contribution in [0.2, 0.25) is 0 Å². The zero-order valence-corrected chi connectivity index (χ0v) is 15.0. The van der Waals surface area contributed by atoms with Crippen LogP contribution in [-0.4, -0.2) is 33.1 Å². The zero-order chi connectivity index (χ0) is 19.4. The summed E-state index contributed by atoms with van der Waals surface area (Å²) >= 11 is 0. The third-order valence-corrected chi connectivity index (χ3v) is 5.57. The summed E-state index contributed by atoms with van der Waals surface area (Å²) in [6.45, 7) is 1.18. The second-order valence-corrected chi connectivity index (χ2v) is 7.45. The van der Waals surface area contributed by atoms with Crippen LogP contribution in [0.3, 0.4) is 0 Å². The molecule has 1 saturated carbocycles. The van der Waals surface area contributed by atoms with Gasteiger partial charge in [-0.2, -0.15) is 5.10 Å². The number of aromatic nitrogens is 3. The molecule has 3 heterocycles. The number of pyridine rings is 1. The van der Waals surface area contributed by atoms with Crippen molar-refractivity contribution in [2.75, 3.05) is 13.2 Å². The molecule has 146 valence electrons. The van der Waals surface area contributed by atoms with E-state index in [0.717, 1.165) is 37.8 Å². The number of H-pyrrole nitrogens is 1. The Morgan fingerprint density at radius 1 is 1.14 bits per heavy atom. The van der Waals surface area contributed by atoms with Gasteiger partial charge < -0.3 is 14.8 Å². The standard InChI is InChI=1S/C20H19F2N3O3/c21-12-2-1-3-13(22)14(12)17-19(27)18(26)15-16(10-6-8-28-9-7-10)24-25(11-4-5-11)20(15)23-17/h1-3,10-11,27H,4-9H2,(H,23,26). The lowest BCUT2D eigenvalue weighted by Gasteiger charge is -2.20. The van der Waals surface area contributed by atoms with Gasteiger partial charge in [-0.1, -0.05) is 6.07 Å². The van der Waals surface area contributed by atoms with Gasteiger partial charge in [-0.3, -0.25) is 4.79 Å². The van der Waals surface area contributed by atoms with Gasteiger partial charge in [-0.15, -0.1) is 0 Å². The SMILES string of the molecule is O=c1c(O)c(-c2c(F)cccc2F)[nH]c2c1c(C1CCOCC1)nn2C1CC1. The van der Waals surface area contributed by atoms with Gasteiger partial charge in [0.1, 0.15) is 17.3 Å². The molecule has 0 atom stereocenters. The molecule has 2 aromatic heterocycles. The van der Waals surface area contributed by atoms with Crippen molar-refractivity contribution in [2.45, 2.75) is 37.6 Å². The van der Waals surface area contributed by atoms with Crippen LogP contribution < -0.4 is 5.43 Å². The molecule has 5 rings (SSSR count). The number of hydrogen-bond donors (Lipinski definition) is 2. The van der Waals surface area contributed by atoms with Crippen molar-refractivity contribution in [1.29, 1.82) is 0 Å². The fourth-order valence-corrected chi connectivity index (χ4v) is 3.96. The Kier molecular flexibility index (Phi) is 3.97. The van der Waals surface area contributed by atoms with Crippen LogP contribution in [0.15, 0.2) is 23.0 Å². The highest BCUT2D eigenvalue weighted by Crippen LogP contribution is 2.40. The second-order valence-electron chi connectivity index (χ2n) is 7.45. The quantitative estimate of drug-likeness (QED) is 0.720. The molecule has 6 nitrogen and oxygen atoms in total. The lowest BCUT2D eigenvalue weighted by Crippen LogP contribution is -2.16. The number of hydrogen-bond acceptors (Lipinski definition) is 4.